The third-order valence-corrected chi connectivity index (χ3v) is 0.271. The van der Waals surface area contributed by atoms with Gasteiger partial charge in [0.25, 0.3) is 0 Å². The molecule has 0 N–H and O–H groups in total. The highest BCUT2D eigenvalue weighted by atomic mass is 15.1. The van der Waals surface area contributed by atoms with Crippen LogP contribution in [0, 0.1) is 0 Å². The molecule has 0 rings (SSSR count). The largest absolute Gasteiger partial charge is 0.192 e. The normalized spacial score (nSPS) is 9.67. The van der Waals surface area contributed by atoms with Gasteiger partial charge in [0.05, 0.1) is 5.70 Å². The van der Waals surface area contributed by atoms with E-state index in [2.05, 4.69) is 16.8 Å². The quantitative estimate of drug-likeness (QED) is 0.431. The molecular weight excluding hydrogens is 76.1 g/mol. The van der Waals surface area contributed by atoms with E-state index in [-0.39, 0.29) is 0 Å². The van der Waals surface area contributed by atoms with Crippen LogP contribution in [0.1, 0.15) is 6.92 Å². The third-order valence-electron chi connectivity index (χ3n) is 0.271. The summed E-state index contributed by atoms with van der Waals surface area (Å²) in [5.41, 5.74) is 0.748. The van der Waals surface area contributed by atoms with Crippen molar-refractivity contribution in [3.63, 3.8) is 0 Å². The van der Waals surface area contributed by atoms with Crippen LogP contribution in [0.3, 0.4) is 0 Å². The Morgan fingerprint density at radius 2 is 2.17 bits per heavy atom. The number of hydrogen-bond donors (Lipinski definition) is 0. The van der Waals surface area contributed by atoms with Crippen molar-refractivity contribution < 1.29 is 0 Å². The summed E-state index contributed by atoms with van der Waals surface area (Å²) in [5.74, 6) is 0. The Bertz CT molecular complexity index is 73.6. The number of hydrogen-bond acceptors (Lipinski definition) is 2. The molecule has 0 aromatic carbocycles. The van der Waals surface area contributed by atoms with Crippen molar-refractivity contribution in [3.8, 4) is 0 Å². The van der Waals surface area contributed by atoms with Crippen molar-refractivity contribution in [2.75, 3.05) is 7.05 Å². The first-order valence-electron chi connectivity index (χ1n) is 1.72. The molecule has 2 heteroatoms. The highest BCUT2D eigenvalue weighted by Crippen LogP contribution is 1.85. The van der Waals surface area contributed by atoms with Crippen molar-refractivity contribution in [2.45, 2.75) is 6.92 Å². The second-order valence-corrected chi connectivity index (χ2v) is 1.04. The molecule has 0 spiro atoms. The molecule has 0 aliphatic rings. The van der Waals surface area contributed by atoms with Gasteiger partial charge in [0.2, 0.25) is 0 Å². The lowest BCUT2D eigenvalue weighted by atomic mass is 10.6. The fourth-order valence-electron chi connectivity index (χ4n) is 0.171. The van der Waals surface area contributed by atoms with Gasteiger partial charge in [-0.15, -0.1) is 0 Å². The molecule has 0 aliphatic carbocycles. The molecule has 0 heterocycles. The summed E-state index contributed by atoms with van der Waals surface area (Å²) in [6.45, 7) is 5.28. The Balaban J connectivity index is 3.30. The monoisotopic (exact) mass is 84.1 g/mol. The average Bonchev–Trinajstić information content (AvgIpc) is 1.35. The second kappa shape index (κ2) is 2.57. The van der Waals surface area contributed by atoms with Crippen LogP contribution in [-0.4, -0.2) is 7.05 Å². The van der Waals surface area contributed by atoms with E-state index < -0.39 is 0 Å². The average molecular weight is 84.1 g/mol. The van der Waals surface area contributed by atoms with E-state index in [4.69, 9.17) is 0 Å². The zero-order chi connectivity index (χ0) is 4.99. The van der Waals surface area contributed by atoms with Crippen LogP contribution in [0.5, 0.6) is 0 Å². The molecule has 0 aromatic rings. The van der Waals surface area contributed by atoms with Crippen molar-refractivity contribution in [1.29, 1.82) is 0 Å². The van der Waals surface area contributed by atoms with Gasteiger partial charge in [0.15, 0.2) is 0 Å². The van der Waals surface area contributed by atoms with Crippen LogP contribution in [0.4, 0.5) is 0 Å². The van der Waals surface area contributed by atoms with Crippen LogP contribution in [-0.2, 0) is 0 Å². The molecule has 0 saturated carbocycles. The van der Waals surface area contributed by atoms with Crippen molar-refractivity contribution in [3.05, 3.63) is 12.3 Å². The Morgan fingerprint density at radius 1 is 1.67 bits per heavy atom. The lowest BCUT2D eigenvalue weighted by Gasteiger charge is -1.75. The second-order valence-electron chi connectivity index (χ2n) is 1.04. The van der Waals surface area contributed by atoms with Gasteiger partial charge in [-0.1, -0.05) is 6.58 Å². The highest BCUT2D eigenvalue weighted by molar-refractivity contribution is 4.81. The smallest absolute Gasteiger partial charge is 0.0523 e. The Labute approximate surface area is 37.6 Å². The maximum absolute atomic E-state index is 3.56. The van der Waals surface area contributed by atoms with Gasteiger partial charge < -0.3 is 0 Å². The minimum absolute atomic E-state index is 0.748. The van der Waals surface area contributed by atoms with E-state index in [1.807, 2.05) is 0 Å². The maximum Gasteiger partial charge on any atom is 0.0523 e. The first kappa shape index (κ1) is 5.34. The first-order chi connectivity index (χ1) is 2.77. The predicted octanol–water partition coefficient (Wildman–Crippen LogP) is 1.60. The minimum atomic E-state index is 0.748. The fraction of sp³-hybridized carbons (Fsp3) is 0.500. The lowest BCUT2D eigenvalue weighted by Crippen LogP contribution is -1.55. The van der Waals surface area contributed by atoms with Crippen molar-refractivity contribution in [1.82, 2.24) is 0 Å². The molecule has 34 valence electrons. The maximum atomic E-state index is 3.56. The van der Waals surface area contributed by atoms with Gasteiger partial charge in [0, 0.05) is 7.05 Å². The van der Waals surface area contributed by atoms with Crippen LogP contribution in [0.25, 0.3) is 0 Å². The van der Waals surface area contributed by atoms with Crippen LogP contribution in [0.2, 0.25) is 0 Å². The van der Waals surface area contributed by atoms with Gasteiger partial charge in [-0.25, -0.2) is 0 Å². The summed E-state index contributed by atoms with van der Waals surface area (Å²) in [7, 11) is 1.62. The highest BCUT2D eigenvalue weighted by Gasteiger charge is 1.65. The van der Waals surface area contributed by atoms with Crippen LogP contribution in [0.15, 0.2) is 22.5 Å². The fourth-order valence-corrected chi connectivity index (χ4v) is 0.171. The van der Waals surface area contributed by atoms with E-state index in [0.717, 1.165) is 5.70 Å². The summed E-state index contributed by atoms with van der Waals surface area (Å²) in [6.07, 6.45) is 0. The molecule has 2 nitrogen and oxygen atoms in total. The van der Waals surface area contributed by atoms with Gasteiger partial charge in [-0.3, -0.25) is 0 Å². The van der Waals surface area contributed by atoms with E-state index in [0.29, 0.717) is 0 Å². The van der Waals surface area contributed by atoms with E-state index >= 15 is 0 Å². The van der Waals surface area contributed by atoms with Gasteiger partial charge in [-0.05, 0) is 6.92 Å². The molecule has 0 aliphatic heterocycles. The van der Waals surface area contributed by atoms with Gasteiger partial charge in [0.1, 0.15) is 0 Å². The number of nitrogens with zero attached hydrogens (tertiary/aromatic N) is 2. The SMILES string of the molecule is C=C(C)N=NC. The molecule has 0 unspecified atom stereocenters. The van der Waals surface area contributed by atoms with Crippen LogP contribution < -0.4 is 0 Å². The number of azo groups is 1. The summed E-state index contributed by atoms with van der Waals surface area (Å²) in [4.78, 5) is 0. The standard InChI is InChI=1S/C4H8N2/c1-4(2)6-5-3/h1H2,2-3H3. The van der Waals surface area contributed by atoms with E-state index in [1.54, 1.807) is 14.0 Å². The summed E-state index contributed by atoms with van der Waals surface area (Å²) in [5, 5.41) is 7.02. The lowest BCUT2D eigenvalue weighted by molar-refractivity contribution is 1.09. The molecule has 0 saturated heterocycles. The molecule has 0 atom stereocenters. The van der Waals surface area contributed by atoms with Crippen LogP contribution >= 0.6 is 0 Å². The predicted molar refractivity (Wildman–Crippen MR) is 25.6 cm³/mol. The van der Waals surface area contributed by atoms with Gasteiger partial charge >= 0.3 is 0 Å². The van der Waals surface area contributed by atoms with Crippen molar-refractivity contribution >= 4 is 0 Å². The third kappa shape index (κ3) is 3.34. The molecule has 0 bridgehead atoms. The Morgan fingerprint density at radius 3 is 2.17 bits per heavy atom. The molecule has 0 fully saturated rings. The summed E-state index contributed by atoms with van der Waals surface area (Å²) < 4.78 is 0. The summed E-state index contributed by atoms with van der Waals surface area (Å²) >= 11 is 0. The van der Waals surface area contributed by atoms with Gasteiger partial charge in [-0.2, -0.15) is 10.2 Å². The molecule has 0 aromatic heterocycles. The molecule has 0 amide bonds. The zero-order valence-electron chi connectivity index (χ0n) is 4.10. The first-order valence-corrected chi connectivity index (χ1v) is 1.72. The Kier molecular flexibility index (Phi) is 2.29. The molecular formula is C4H8N2. The topological polar surface area (TPSA) is 24.7 Å². The molecule has 0 radical (unpaired) electrons. The summed E-state index contributed by atoms with van der Waals surface area (Å²) in [6, 6.07) is 0. The van der Waals surface area contributed by atoms with E-state index in [9.17, 15) is 0 Å². The van der Waals surface area contributed by atoms with E-state index in [1.165, 1.54) is 0 Å². The number of rotatable bonds is 1. The van der Waals surface area contributed by atoms with Crippen molar-refractivity contribution in [2.24, 2.45) is 10.2 Å². The minimum Gasteiger partial charge on any atom is -0.192 e. The Hall–Kier alpha value is -0.660. The molecule has 6 heavy (non-hydrogen) atoms. The zero-order valence-corrected chi connectivity index (χ0v) is 4.10. The number of allylic oxidation sites excluding steroid dienone is 1.